The molecule has 0 unspecified atom stereocenters. The first-order chi connectivity index (χ1) is 15.7. The molecule has 0 radical (unpaired) electrons. The van der Waals surface area contributed by atoms with Crippen molar-refractivity contribution in [2.75, 3.05) is 29.9 Å². The molecule has 32 heavy (non-hydrogen) atoms. The van der Waals surface area contributed by atoms with E-state index in [1.54, 1.807) is 11.3 Å². The number of rotatable bonds is 6. The molecule has 3 nitrogen and oxygen atoms in total. The Morgan fingerprint density at radius 1 is 0.875 bits per heavy atom. The Labute approximate surface area is 195 Å². The second kappa shape index (κ2) is 9.17. The minimum absolute atomic E-state index is 0.974. The fourth-order valence-electron chi connectivity index (χ4n) is 4.47. The minimum atomic E-state index is 0.974. The summed E-state index contributed by atoms with van der Waals surface area (Å²) in [6.07, 6.45) is 3.27. The van der Waals surface area contributed by atoms with Crippen LogP contribution in [0.3, 0.4) is 0 Å². The van der Waals surface area contributed by atoms with Gasteiger partial charge in [0.15, 0.2) is 5.13 Å². The quantitative estimate of drug-likeness (QED) is 0.326. The molecule has 0 atom stereocenters. The van der Waals surface area contributed by atoms with E-state index >= 15 is 0 Å². The van der Waals surface area contributed by atoms with E-state index in [4.69, 9.17) is 4.98 Å². The topological polar surface area (TPSA) is 19.4 Å². The molecule has 4 heteroatoms. The van der Waals surface area contributed by atoms with Gasteiger partial charge in [-0.2, -0.15) is 0 Å². The number of para-hydroxylation sites is 2. The van der Waals surface area contributed by atoms with Gasteiger partial charge >= 0.3 is 0 Å². The predicted molar refractivity (Wildman–Crippen MR) is 137 cm³/mol. The van der Waals surface area contributed by atoms with Gasteiger partial charge in [0.2, 0.25) is 0 Å². The Morgan fingerprint density at radius 2 is 1.50 bits per heavy atom. The third-order valence-corrected chi connectivity index (χ3v) is 7.22. The monoisotopic (exact) mass is 439 g/mol. The molecular weight excluding hydrogens is 410 g/mol. The number of aryl methyl sites for hydroxylation is 3. The van der Waals surface area contributed by atoms with Gasteiger partial charge in [-0.15, -0.1) is 11.3 Å². The Morgan fingerprint density at radius 3 is 2.16 bits per heavy atom. The lowest BCUT2D eigenvalue weighted by molar-refractivity contribution is 0.776. The van der Waals surface area contributed by atoms with Crippen LogP contribution in [-0.2, 0) is 12.8 Å². The van der Waals surface area contributed by atoms with E-state index < -0.39 is 0 Å². The van der Waals surface area contributed by atoms with Crippen molar-refractivity contribution in [3.8, 4) is 11.3 Å². The maximum atomic E-state index is 4.89. The average molecular weight is 440 g/mol. The first kappa shape index (κ1) is 20.8. The molecule has 1 aromatic heterocycles. The summed E-state index contributed by atoms with van der Waals surface area (Å²) < 4.78 is 0. The first-order valence-corrected chi connectivity index (χ1v) is 12.2. The van der Waals surface area contributed by atoms with Crippen LogP contribution in [0.25, 0.3) is 11.3 Å². The molecule has 4 aromatic rings. The van der Waals surface area contributed by atoms with E-state index in [2.05, 4.69) is 102 Å². The molecule has 5 rings (SSSR count). The summed E-state index contributed by atoms with van der Waals surface area (Å²) in [5.41, 5.74) is 9.13. The predicted octanol–water partition coefficient (Wildman–Crippen LogP) is 6.88. The van der Waals surface area contributed by atoms with Crippen molar-refractivity contribution in [3.05, 3.63) is 94.9 Å². The zero-order valence-corrected chi connectivity index (χ0v) is 19.6. The van der Waals surface area contributed by atoms with Gasteiger partial charge in [0, 0.05) is 42.5 Å². The lowest BCUT2D eigenvalue weighted by Gasteiger charge is -2.28. The number of anilines is 3. The second-order valence-electron chi connectivity index (χ2n) is 8.57. The molecule has 0 spiro atoms. The van der Waals surface area contributed by atoms with E-state index in [1.165, 1.54) is 33.6 Å². The van der Waals surface area contributed by atoms with Crippen LogP contribution < -0.4 is 9.80 Å². The Balaban J connectivity index is 1.29. The molecule has 1 aliphatic rings. The highest BCUT2D eigenvalue weighted by Crippen LogP contribution is 2.36. The highest BCUT2D eigenvalue weighted by atomic mass is 32.1. The first-order valence-electron chi connectivity index (χ1n) is 11.4. The van der Waals surface area contributed by atoms with Gasteiger partial charge in [0.1, 0.15) is 0 Å². The fraction of sp³-hybridized carbons (Fsp3) is 0.250. The van der Waals surface area contributed by atoms with Gasteiger partial charge in [-0.1, -0.05) is 66.2 Å². The maximum absolute atomic E-state index is 4.89. The number of benzene rings is 3. The standard InChI is InChI=1S/C28H29N3S/c1-21-12-14-22(15-13-21)25-20-32-28(29-25)30(2)18-7-19-31-26-10-5-3-8-23(26)16-17-24-9-4-6-11-27(24)31/h3-6,8-15,20H,7,16-19H2,1-2H3. The van der Waals surface area contributed by atoms with Crippen molar-refractivity contribution in [2.24, 2.45) is 0 Å². The molecule has 0 fully saturated rings. The molecule has 0 amide bonds. The number of aromatic nitrogens is 1. The van der Waals surface area contributed by atoms with Crippen LogP contribution in [0.2, 0.25) is 0 Å². The van der Waals surface area contributed by atoms with Crippen LogP contribution in [0.15, 0.2) is 78.2 Å². The molecule has 162 valence electrons. The molecule has 0 saturated heterocycles. The van der Waals surface area contributed by atoms with Crippen molar-refractivity contribution in [2.45, 2.75) is 26.2 Å². The molecular formula is C28H29N3S. The van der Waals surface area contributed by atoms with E-state index in [0.717, 1.165) is 43.2 Å². The van der Waals surface area contributed by atoms with Crippen molar-refractivity contribution in [3.63, 3.8) is 0 Å². The maximum Gasteiger partial charge on any atom is 0.185 e. The van der Waals surface area contributed by atoms with E-state index in [9.17, 15) is 0 Å². The van der Waals surface area contributed by atoms with E-state index in [-0.39, 0.29) is 0 Å². The Kier molecular flexibility index (Phi) is 5.95. The Bertz CT molecular complexity index is 1150. The fourth-order valence-corrected chi connectivity index (χ4v) is 5.30. The van der Waals surface area contributed by atoms with Gasteiger partial charge in [-0.25, -0.2) is 4.98 Å². The van der Waals surface area contributed by atoms with Gasteiger partial charge in [-0.3, -0.25) is 0 Å². The zero-order chi connectivity index (χ0) is 21.9. The number of hydrogen-bond acceptors (Lipinski definition) is 4. The molecule has 2 heterocycles. The summed E-state index contributed by atoms with van der Waals surface area (Å²) in [4.78, 5) is 9.70. The molecule has 0 N–H and O–H groups in total. The average Bonchev–Trinajstić information content (AvgIpc) is 3.26. The SMILES string of the molecule is Cc1ccc(-c2csc(N(C)CCCN3c4ccccc4CCc4ccccc43)n2)cc1. The third kappa shape index (κ3) is 4.28. The number of thiazole rings is 1. The Hall–Kier alpha value is -3.11. The number of fused-ring (bicyclic) bond motifs is 2. The summed E-state index contributed by atoms with van der Waals surface area (Å²) >= 11 is 1.72. The normalized spacial score (nSPS) is 12.8. The van der Waals surface area contributed by atoms with Crippen LogP contribution >= 0.6 is 11.3 Å². The lowest BCUT2D eigenvalue weighted by Crippen LogP contribution is -2.25. The van der Waals surface area contributed by atoms with E-state index in [0.29, 0.717) is 0 Å². The number of nitrogens with zero attached hydrogens (tertiary/aromatic N) is 3. The van der Waals surface area contributed by atoms with Gasteiger partial charge in [0.25, 0.3) is 0 Å². The van der Waals surface area contributed by atoms with Gasteiger partial charge < -0.3 is 9.80 Å². The zero-order valence-electron chi connectivity index (χ0n) is 18.8. The lowest BCUT2D eigenvalue weighted by atomic mass is 10.0. The van der Waals surface area contributed by atoms with E-state index in [1.807, 2.05) is 0 Å². The molecule has 3 aromatic carbocycles. The largest absolute Gasteiger partial charge is 0.351 e. The van der Waals surface area contributed by atoms with Crippen LogP contribution in [-0.4, -0.2) is 25.1 Å². The van der Waals surface area contributed by atoms with Crippen LogP contribution in [0.5, 0.6) is 0 Å². The molecule has 0 bridgehead atoms. The van der Waals surface area contributed by atoms with Crippen molar-refractivity contribution in [1.29, 1.82) is 0 Å². The molecule has 0 saturated carbocycles. The van der Waals surface area contributed by atoms with Crippen LogP contribution in [0.4, 0.5) is 16.5 Å². The van der Waals surface area contributed by atoms with Crippen molar-refractivity contribution in [1.82, 2.24) is 4.98 Å². The molecule has 1 aliphatic heterocycles. The van der Waals surface area contributed by atoms with Crippen molar-refractivity contribution < 1.29 is 0 Å². The van der Waals surface area contributed by atoms with Crippen LogP contribution in [0, 0.1) is 6.92 Å². The minimum Gasteiger partial charge on any atom is -0.351 e. The summed E-state index contributed by atoms with van der Waals surface area (Å²) in [6, 6.07) is 26.4. The molecule has 0 aliphatic carbocycles. The summed E-state index contributed by atoms with van der Waals surface area (Å²) in [5, 5.41) is 3.25. The summed E-state index contributed by atoms with van der Waals surface area (Å²) in [7, 11) is 2.15. The van der Waals surface area contributed by atoms with Crippen LogP contribution in [0.1, 0.15) is 23.1 Å². The smallest absolute Gasteiger partial charge is 0.185 e. The van der Waals surface area contributed by atoms with Crippen molar-refractivity contribution >= 4 is 27.8 Å². The number of hydrogen-bond donors (Lipinski definition) is 0. The highest BCUT2D eigenvalue weighted by Gasteiger charge is 2.20. The highest BCUT2D eigenvalue weighted by molar-refractivity contribution is 7.14. The van der Waals surface area contributed by atoms with Gasteiger partial charge in [-0.05, 0) is 49.4 Å². The second-order valence-corrected chi connectivity index (χ2v) is 9.40. The third-order valence-electron chi connectivity index (χ3n) is 6.27. The summed E-state index contributed by atoms with van der Waals surface area (Å²) in [5.74, 6) is 0. The summed E-state index contributed by atoms with van der Waals surface area (Å²) in [6.45, 7) is 4.08. The van der Waals surface area contributed by atoms with Gasteiger partial charge in [0.05, 0.1) is 5.69 Å².